The SMILES string of the molecule is C1=CNOC=C1.C1=CONN=C1.C1CSCN1. The second-order valence-electron chi connectivity index (χ2n) is 2.79. The normalized spacial score (nSPS) is 18.4. The fraction of sp³-hybridized carbons (Fsp3) is 0.300. The zero-order chi connectivity index (χ0) is 12.0. The molecular weight excluding hydrogens is 240 g/mol. The highest BCUT2D eigenvalue weighted by Crippen LogP contribution is 1.99. The van der Waals surface area contributed by atoms with Crippen LogP contribution in [0.25, 0.3) is 0 Å². The van der Waals surface area contributed by atoms with Gasteiger partial charge in [-0.25, -0.2) is 5.48 Å². The second-order valence-corrected chi connectivity index (χ2v) is 3.90. The Balaban J connectivity index is 0.000000128. The summed E-state index contributed by atoms with van der Waals surface area (Å²) in [5.41, 5.74) is 4.78. The standard InChI is InChI=1S/C4H5NO.C3H4N2O.C3H7NS/c1-2-4-6-5-3-1;1-2-4-5-6-3-1;1-2-5-3-4-1/h1-5H;1-3,5H;4H,1-3H2. The highest BCUT2D eigenvalue weighted by atomic mass is 32.2. The molecule has 1 saturated heterocycles. The Kier molecular flexibility index (Phi) is 8.64. The third-order valence-electron chi connectivity index (χ3n) is 1.53. The lowest BCUT2D eigenvalue weighted by Gasteiger charge is -1.97. The molecule has 0 saturated carbocycles. The molecule has 3 N–H and O–H groups in total. The Labute approximate surface area is 105 Å². The van der Waals surface area contributed by atoms with Crippen molar-refractivity contribution in [1.29, 1.82) is 0 Å². The molecule has 7 heteroatoms. The minimum Gasteiger partial charge on any atom is -0.391 e. The van der Waals surface area contributed by atoms with E-state index < -0.39 is 0 Å². The molecule has 0 radical (unpaired) electrons. The Hall–Kier alpha value is -1.60. The number of hydroxylamine groups is 1. The monoisotopic (exact) mass is 256 g/mol. The number of rotatable bonds is 0. The summed E-state index contributed by atoms with van der Waals surface area (Å²) in [6.07, 6.45) is 11.7. The first-order chi connectivity index (χ1) is 8.50. The van der Waals surface area contributed by atoms with Gasteiger partial charge in [-0.1, -0.05) is 0 Å². The number of nitrogens with zero attached hydrogens (tertiary/aromatic N) is 1. The van der Waals surface area contributed by atoms with Crippen molar-refractivity contribution in [2.45, 2.75) is 0 Å². The molecule has 1 fully saturated rings. The molecule has 0 atom stereocenters. The van der Waals surface area contributed by atoms with Crippen molar-refractivity contribution in [1.82, 2.24) is 16.4 Å². The molecule has 0 aromatic rings. The van der Waals surface area contributed by atoms with Gasteiger partial charge in [0.25, 0.3) is 0 Å². The smallest absolute Gasteiger partial charge is 0.122 e. The molecule has 3 aliphatic rings. The summed E-state index contributed by atoms with van der Waals surface area (Å²) in [5.74, 6) is 2.47. The van der Waals surface area contributed by atoms with Crippen LogP contribution in [0.4, 0.5) is 0 Å². The number of nitrogens with one attached hydrogen (secondary N) is 3. The summed E-state index contributed by atoms with van der Waals surface area (Å²) in [6.45, 7) is 1.21. The fourth-order valence-electron chi connectivity index (χ4n) is 0.828. The summed E-state index contributed by atoms with van der Waals surface area (Å²) in [4.78, 5) is 8.99. The van der Waals surface area contributed by atoms with Crippen LogP contribution in [0, 0.1) is 0 Å². The molecule has 0 bridgehead atoms. The molecule has 94 valence electrons. The molecule has 0 amide bonds. The van der Waals surface area contributed by atoms with Gasteiger partial charge in [0.2, 0.25) is 0 Å². The summed E-state index contributed by atoms with van der Waals surface area (Å²) in [7, 11) is 0. The minimum absolute atomic E-state index is 1.17. The van der Waals surface area contributed by atoms with Gasteiger partial charge in [0, 0.05) is 24.4 Å². The van der Waals surface area contributed by atoms with E-state index in [0.29, 0.717) is 0 Å². The molecule has 6 nitrogen and oxygen atoms in total. The average Bonchev–Trinajstić information content (AvgIpc) is 3.03. The van der Waals surface area contributed by atoms with Crippen molar-refractivity contribution in [3.8, 4) is 0 Å². The van der Waals surface area contributed by atoms with Crippen molar-refractivity contribution in [2.24, 2.45) is 5.10 Å². The molecule has 3 heterocycles. The van der Waals surface area contributed by atoms with Crippen LogP contribution in [0.15, 0.2) is 42.1 Å². The van der Waals surface area contributed by atoms with Crippen molar-refractivity contribution in [2.75, 3.05) is 18.2 Å². The van der Waals surface area contributed by atoms with E-state index in [2.05, 4.69) is 31.2 Å². The lowest BCUT2D eigenvalue weighted by Crippen LogP contribution is -2.04. The number of hydrogen-bond donors (Lipinski definition) is 3. The van der Waals surface area contributed by atoms with Crippen LogP contribution in [0.2, 0.25) is 0 Å². The first-order valence-corrected chi connectivity index (χ1v) is 6.26. The van der Waals surface area contributed by atoms with E-state index in [1.165, 1.54) is 24.4 Å². The van der Waals surface area contributed by atoms with Gasteiger partial charge in [-0.15, -0.1) is 17.4 Å². The van der Waals surface area contributed by atoms with E-state index in [4.69, 9.17) is 0 Å². The predicted octanol–water partition coefficient (Wildman–Crippen LogP) is 0.850. The van der Waals surface area contributed by atoms with Crippen LogP contribution >= 0.6 is 11.8 Å². The zero-order valence-electron chi connectivity index (χ0n) is 9.33. The van der Waals surface area contributed by atoms with E-state index in [-0.39, 0.29) is 0 Å². The van der Waals surface area contributed by atoms with Gasteiger partial charge in [0.1, 0.15) is 12.5 Å². The number of thioether (sulfide) groups is 1. The molecule has 0 aromatic carbocycles. The summed E-state index contributed by atoms with van der Waals surface area (Å²) < 4.78 is 0. The van der Waals surface area contributed by atoms with Crippen LogP contribution in [-0.2, 0) is 9.68 Å². The van der Waals surface area contributed by atoms with E-state index in [1.54, 1.807) is 30.8 Å². The largest absolute Gasteiger partial charge is 0.391 e. The topological polar surface area (TPSA) is 66.9 Å². The van der Waals surface area contributed by atoms with Crippen LogP contribution in [0.5, 0.6) is 0 Å². The highest BCUT2D eigenvalue weighted by Gasteiger charge is 1.93. The lowest BCUT2D eigenvalue weighted by molar-refractivity contribution is 0.136. The molecule has 17 heavy (non-hydrogen) atoms. The van der Waals surface area contributed by atoms with Crippen molar-refractivity contribution >= 4 is 18.0 Å². The summed E-state index contributed by atoms with van der Waals surface area (Å²) in [6, 6.07) is 0. The predicted molar refractivity (Wildman–Crippen MR) is 69.7 cm³/mol. The Morgan fingerprint density at radius 2 is 2.06 bits per heavy atom. The van der Waals surface area contributed by atoms with E-state index >= 15 is 0 Å². The van der Waals surface area contributed by atoms with Crippen molar-refractivity contribution in [3.63, 3.8) is 0 Å². The fourth-order valence-corrected chi connectivity index (χ4v) is 1.55. The minimum atomic E-state index is 1.17. The molecule has 0 aliphatic carbocycles. The van der Waals surface area contributed by atoms with Gasteiger partial charge < -0.3 is 15.0 Å². The van der Waals surface area contributed by atoms with Crippen molar-refractivity contribution < 1.29 is 9.68 Å². The highest BCUT2D eigenvalue weighted by molar-refractivity contribution is 7.99. The number of allylic oxidation sites excluding steroid dienone is 3. The van der Waals surface area contributed by atoms with Gasteiger partial charge in [0.15, 0.2) is 0 Å². The van der Waals surface area contributed by atoms with Crippen LogP contribution in [-0.4, -0.2) is 24.4 Å². The number of hydrazone groups is 1. The van der Waals surface area contributed by atoms with Gasteiger partial charge >= 0.3 is 0 Å². The lowest BCUT2D eigenvalue weighted by atomic mass is 10.6. The Morgan fingerprint density at radius 3 is 2.24 bits per heavy atom. The molecule has 0 aromatic heterocycles. The van der Waals surface area contributed by atoms with Gasteiger partial charge in [-0.2, -0.15) is 5.10 Å². The third-order valence-corrected chi connectivity index (χ3v) is 2.43. The maximum atomic E-state index is 4.55. The summed E-state index contributed by atoms with van der Waals surface area (Å²) in [5, 5.41) is 6.68. The van der Waals surface area contributed by atoms with E-state index in [0.717, 1.165) is 0 Å². The van der Waals surface area contributed by atoms with Crippen LogP contribution in [0.3, 0.4) is 0 Å². The maximum absolute atomic E-state index is 4.55. The zero-order valence-corrected chi connectivity index (χ0v) is 10.2. The van der Waals surface area contributed by atoms with E-state index in [1.807, 2.05) is 17.8 Å². The molecule has 3 aliphatic heterocycles. The number of hydrogen-bond acceptors (Lipinski definition) is 7. The van der Waals surface area contributed by atoms with Crippen LogP contribution < -0.4 is 16.4 Å². The molecule has 0 spiro atoms. The maximum Gasteiger partial charge on any atom is 0.122 e. The first kappa shape index (κ1) is 13.5. The van der Waals surface area contributed by atoms with Gasteiger partial charge in [0.05, 0.1) is 6.21 Å². The second kappa shape index (κ2) is 10.9. The molecule has 3 rings (SSSR count). The average molecular weight is 256 g/mol. The van der Waals surface area contributed by atoms with Gasteiger partial charge in [-0.05, 0) is 18.2 Å². The third kappa shape index (κ3) is 9.34. The molecule has 0 unspecified atom stereocenters. The van der Waals surface area contributed by atoms with E-state index in [9.17, 15) is 0 Å². The Morgan fingerprint density at radius 1 is 1.12 bits per heavy atom. The van der Waals surface area contributed by atoms with Gasteiger partial charge in [-0.3, -0.25) is 0 Å². The Bertz CT molecular complexity index is 232. The molecular formula is C10H16N4O2S. The first-order valence-electron chi connectivity index (χ1n) is 5.10. The van der Waals surface area contributed by atoms with Crippen LogP contribution in [0.1, 0.15) is 0 Å². The van der Waals surface area contributed by atoms with Crippen molar-refractivity contribution in [3.05, 3.63) is 37.0 Å². The quantitative estimate of drug-likeness (QED) is 0.597. The summed E-state index contributed by atoms with van der Waals surface area (Å²) >= 11 is 1.96.